The molecule has 0 unspecified atom stereocenters. The summed E-state index contributed by atoms with van der Waals surface area (Å²) in [6.45, 7) is 18.3. The molecule has 3 amide bonds. The topological polar surface area (TPSA) is 157 Å². The molecule has 15 heteroatoms. The molecular formula is C57H67N11O4. The van der Waals surface area contributed by atoms with Gasteiger partial charge in [-0.1, -0.05) is 102 Å². The van der Waals surface area contributed by atoms with Gasteiger partial charge >= 0.3 is 5.69 Å². The summed E-state index contributed by atoms with van der Waals surface area (Å²) in [4.78, 5) is 74.5. The number of likely N-dealkylation sites (tertiary alicyclic amines) is 2. The molecule has 0 radical (unpaired) electrons. The van der Waals surface area contributed by atoms with E-state index in [1.165, 1.54) is 11.1 Å². The van der Waals surface area contributed by atoms with E-state index in [1.54, 1.807) is 40.4 Å². The number of carbonyl (C=O) groups is 3. The Labute approximate surface area is 422 Å². The first-order valence-corrected chi connectivity index (χ1v) is 25.6. The van der Waals surface area contributed by atoms with Gasteiger partial charge in [-0.15, -0.1) is 0 Å². The first kappa shape index (κ1) is 49.7. The third kappa shape index (κ3) is 10.4. The van der Waals surface area contributed by atoms with Crippen molar-refractivity contribution < 1.29 is 14.4 Å². The second kappa shape index (κ2) is 21.2. The first-order valence-electron chi connectivity index (χ1n) is 25.6. The van der Waals surface area contributed by atoms with E-state index in [1.807, 2.05) is 95.2 Å². The van der Waals surface area contributed by atoms with Crippen molar-refractivity contribution in [3.63, 3.8) is 0 Å². The molecule has 0 saturated carbocycles. The zero-order valence-electron chi connectivity index (χ0n) is 43.0. The number of hydrogen-bond donors (Lipinski definition) is 0. The quantitative estimate of drug-likeness (QED) is 0.123. The number of imidazole rings is 1. The largest absolute Gasteiger partial charge is 0.343 e. The van der Waals surface area contributed by atoms with Gasteiger partial charge in [-0.2, -0.15) is 5.10 Å². The van der Waals surface area contributed by atoms with E-state index >= 15 is 0 Å². The molecule has 7 heterocycles. The minimum absolute atomic E-state index is 0.0241. The van der Waals surface area contributed by atoms with Gasteiger partial charge in [0, 0.05) is 87.6 Å². The summed E-state index contributed by atoms with van der Waals surface area (Å²) in [5.41, 5.74) is 9.69. The van der Waals surface area contributed by atoms with Crippen molar-refractivity contribution in [1.29, 1.82) is 0 Å². The average Bonchev–Trinajstić information content (AvgIpc) is 4.07. The Bertz CT molecular complexity index is 3150. The first-order chi connectivity index (χ1) is 34.6. The van der Waals surface area contributed by atoms with Crippen LogP contribution in [0.3, 0.4) is 0 Å². The van der Waals surface area contributed by atoms with E-state index < -0.39 is 0 Å². The van der Waals surface area contributed by atoms with Crippen molar-refractivity contribution in [2.24, 2.45) is 18.9 Å². The Morgan fingerprint density at radius 3 is 1.92 bits per heavy atom. The molecule has 0 spiro atoms. The van der Waals surface area contributed by atoms with Crippen LogP contribution in [0.4, 0.5) is 5.82 Å². The van der Waals surface area contributed by atoms with Crippen LogP contribution < -0.4 is 10.6 Å². The van der Waals surface area contributed by atoms with Crippen molar-refractivity contribution >= 4 is 34.7 Å². The predicted octanol–water partition coefficient (Wildman–Crippen LogP) is 9.08. The van der Waals surface area contributed by atoms with Gasteiger partial charge in [-0.3, -0.25) is 28.4 Å². The van der Waals surface area contributed by atoms with Gasteiger partial charge in [0.25, 0.3) is 0 Å². The normalized spacial score (nSPS) is 15.5. The molecule has 0 aliphatic carbocycles. The molecule has 3 aliphatic heterocycles. The van der Waals surface area contributed by atoms with Gasteiger partial charge in [0.05, 0.1) is 30.5 Å². The van der Waals surface area contributed by atoms with Gasteiger partial charge in [0.2, 0.25) is 17.7 Å². The number of aryl methyl sites for hydroxylation is 1. The lowest BCUT2D eigenvalue weighted by atomic mass is 9.94. The molecule has 0 N–H and O–H groups in total. The Kier molecular flexibility index (Phi) is 14.6. The summed E-state index contributed by atoms with van der Waals surface area (Å²) in [5.74, 6) is 3.83. The van der Waals surface area contributed by atoms with Crippen molar-refractivity contribution in [1.82, 2.24) is 48.7 Å². The molecule has 2 saturated heterocycles. The van der Waals surface area contributed by atoms with Gasteiger partial charge in [-0.05, 0) is 78.3 Å². The molecule has 4 aromatic heterocycles. The molecule has 10 rings (SSSR count). The Hall–Kier alpha value is -7.29. The van der Waals surface area contributed by atoms with Crippen LogP contribution >= 0.6 is 0 Å². The number of piperidine rings is 2. The summed E-state index contributed by atoms with van der Waals surface area (Å²) in [6.07, 6.45) is 9.55. The molecule has 0 bridgehead atoms. The minimum Gasteiger partial charge on any atom is -0.343 e. The van der Waals surface area contributed by atoms with Crippen LogP contribution in [0, 0.1) is 11.8 Å². The standard InChI is InChI=1S/C32H34N6O2.C25H33N5O2/c1-21(2)27-6-4-5-7-28(27)31-33-19-25-18-30(40)37(32(25)34-31)20-23-8-10-26(11-9-23)38-17-14-29(35-38)24-12-15-36(16-13-24)22(3)39;1-16(2)19-8-6-7-9-20(19)22-26-14-21-23(27-22)30(25(32)28(21)5)15-18-10-12-29(13-11-18)24(31)17(3)4/h4-11,14,17,19,21,24H,12-13,15-16,18,20H2,1-3H3;6-9,14,16-18H,10-13,15H2,1-5H3. The highest BCUT2D eigenvalue weighted by atomic mass is 16.2. The molecular weight excluding hydrogens is 903 g/mol. The van der Waals surface area contributed by atoms with Crippen LogP contribution in [0.15, 0.2) is 102 Å². The third-order valence-corrected chi connectivity index (χ3v) is 14.6. The molecule has 3 aromatic carbocycles. The van der Waals surface area contributed by atoms with Crippen LogP contribution in [0.25, 0.3) is 39.6 Å². The number of nitrogens with zero attached hydrogens (tertiary/aromatic N) is 11. The lowest BCUT2D eigenvalue weighted by Crippen LogP contribution is -2.41. The number of fused-ring (bicyclic) bond motifs is 2. The van der Waals surface area contributed by atoms with Crippen molar-refractivity contribution in [2.75, 3.05) is 31.1 Å². The minimum atomic E-state index is -0.0655. The number of anilines is 1. The van der Waals surface area contributed by atoms with Gasteiger partial charge in [-0.25, -0.2) is 29.4 Å². The Morgan fingerprint density at radius 1 is 0.708 bits per heavy atom. The lowest BCUT2D eigenvalue weighted by molar-refractivity contribution is -0.136. The molecule has 0 atom stereocenters. The molecule has 3 aliphatic rings. The van der Waals surface area contributed by atoms with Crippen LogP contribution in [-0.4, -0.2) is 92.6 Å². The summed E-state index contributed by atoms with van der Waals surface area (Å²) >= 11 is 0. The summed E-state index contributed by atoms with van der Waals surface area (Å²) < 4.78 is 5.33. The molecule has 15 nitrogen and oxygen atoms in total. The van der Waals surface area contributed by atoms with E-state index in [0.717, 1.165) is 91.0 Å². The number of aromatic nitrogens is 8. The fourth-order valence-corrected chi connectivity index (χ4v) is 10.4. The summed E-state index contributed by atoms with van der Waals surface area (Å²) in [6, 6.07) is 26.6. The van der Waals surface area contributed by atoms with Crippen molar-refractivity contribution in [2.45, 2.75) is 111 Å². The van der Waals surface area contributed by atoms with Crippen LogP contribution in [0.5, 0.6) is 0 Å². The van der Waals surface area contributed by atoms with Gasteiger partial charge in [0.15, 0.2) is 17.3 Å². The van der Waals surface area contributed by atoms with Crippen LogP contribution in [0.1, 0.15) is 120 Å². The maximum atomic E-state index is 13.0. The number of rotatable bonds is 11. The van der Waals surface area contributed by atoms with Crippen molar-refractivity contribution in [3.05, 3.63) is 136 Å². The number of benzene rings is 3. The highest BCUT2D eigenvalue weighted by molar-refractivity contribution is 6.00. The fraction of sp³-hybridized carbons (Fsp3) is 0.421. The third-order valence-electron chi connectivity index (χ3n) is 14.6. The van der Waals surface area contributed by atoms with E-state index in [0.29, 0.717) is 66.3 Å². The zero-order chi connectivity index (χ0) is 50.8. The van der Waals surface area contributed by atoms with Gasteiger partial charge in [0.1, 0.15) is 11.3 Å². The van der Waals surface area contributed by atoms with Gasteiger partial charge < -0.3 is 9.80 Å². The lowest BCUT2D eigenvalue weighted by Gasteiger charge is -2.33. The molecule has 7 aromatic rings. The number of carbonyl (C=O) groups excluding carboxylic acids is 3. The zero-order valence-corrected chi connectivity index (χ0v) is 43.0. The van der Waals surface area contributed by atoms with Crippen LogP contribution in [-0.2, 0) is 40.9 Å². The monoisotopic (exact) mass is 970 g/mol. The van der Waals surface area contributed by atoms with E-state index in [-0.39, 0.29) is 29.3 Å². The SMILES string of the molecule is CC(=O)N1CCC(c2ccn(-c3ccc(CN4C(=O)Cc5cnc(-c6ccccc6C(C)C)nc54)cc3)n2)CC1.CC(C)C(=O)N1CCC(Cn2c(=O)n(C)c3cnc(-c4ccccc4C(C)C)nc32)CC1. The maximum Gasteiger partial charge on any atom is 0.330 e. The second-order valence-corrected chi connectivity index (χ2v) is 20.6. The highest BCUT2D eigenvalue weighted by Crippen LogP contribution is 2.34. The second-order valence-electron chi connectivity index (χ2n) is 20.6. The van der Waals surface area contributed by atoms with Crippen molar-refractivity contribution in [3.8, 4) is 28.5 Å². The van der Waals surface area contributed by atoms with E-state index in [9.17, 15) is 19.2 Å². The highest BCUT2D eigenvalue weighted by Gasteiger charge is 2.31. The molecule has 72 heavy (non-hydrogen) atoms. The van der Waals surface area contributed by atoms with E-state index in [4.69, 9.17) is 15.1 Å². The summed E-state index contributed by atoms with van der Waals surface area (Å²) in [7, 11) is 1.77. The average molecular weight is 970 g/mol. The van der Waals surface area contributed by atoms with E-state index in [2.05, 4.69) is 55.9 Å². The predicted molar refractivity (Wildman–Crippen MR) is 281 cm³/mol. The smallest absolute Gasteiger partial charge is 0.330 e. The molecule has 2 fully saturated rings. The van der Waals surface area contributed by atoms with Crippen LogP contribution in [0.2, 0.25) is 0 Å². The molecule has 374 valence electrons. The maximum absolute atomic E-state index is 13.0. The Balaban J connectivity index is 0.000000182. The summed E-state index contributed by atoms with van der Waals surface area (Å²) in [5, 5.41) is 4.84. The Morgan fingerprint density at radius 2 is 1.31 bits per heavy atom. The number of amides is 3. The number of hydrogen-bond acceptors (Lipinski definition) is 9. The fourth-order valence-electron chi connectivity index (χ4n) is 10.4.